The lowest BCUT2D eigenvalue weighted by molar-refractivity contribution is -0.122. The van der Waals surface area contributed by atoms with Gasteiger partial charge < -0.3 is 14.8 Å². The molecule has 7 nitrogen and oxygen atoms in total. The first-order valence-electron chi connectivity index (χ1n) is 9.87. The number of amides is 1. The fourth-order valence-electron chi connectivity index (χ4n) is 3.42. The van der Waals surface area contributed by atoms with Crippen LogP contribution in [-0.2, 0) is 11.3 Å². The van der Waals surface area contributed by atoms with Gasteiger partial charge in [0.25, 0.3) is 5.56 Å². The van der Waals surface area contributed by atoms with Crippen molar-refractivity contribution in [3.63, 3.8) is 0 Å². The normalized spacial score (nSPS) is 15.0. The third-order valence-corrected chi connectivity index (χ3v) is 6.08. The molecule has 0 aliphatic carbocycles. The second-order valence-corrected chi connectivity index (χ2v) is 8.21. The first kappa shape index (κ1) is 19.3. The van der Waals surface area contributed by atoms with Gasteiger partial charge in [0.05, 0.1) is 18.3 Å². The standard InChI is InChI=1S/C23H19N3O4S/c27-21(24-11-16-13-29-18-8-4-5-9-19(18)30-16)12-26-14-25-22-17(23(26)28)10-20(31-22)15-6-2-1-3-7-15/h1-10,14,16H,11-13H2,(H,24,27)/t16-/m1/s1. The highest BCUT2D eigenvalue weighted by Crippen LogP contribution is 2.31. The van der Waals surface area contributed by atoms with Crippen molar-refractivity contribution in [3.05, 3.63) is 77.3 Å². The Balaban J connectivity index is 1.25. The molecule has 3 heterocycles. The maximum absolute atomic E-state index is 12.9. The van der Waals surface area contributed by atoms with Crippen molar-refractivity contribution >= 4 is 27.5 Å². The third kappa shape index (κ3) is 4.02. The first-order valence-corrected chi connectivity index (χ1v) is 10.7. The average Bonchev–Trinajstić information content (AvgIpc) is 3.25. The van der Waals surface area contributed by atoms with Crippen molar-refractivity contribution in [1.82, 2.24) is 14.9 Å². The molecule has 1 amide bonds. The number of benzene rings is 2. The quantitative estimate of drug-likeness (QED) is 0.523. The van der Waals surface area contributed by atoms with Gasteiger partial charge in [0.1, 0.15) is 24.1 Å². The molecule has 2 aromatic carbocycles. The fraction of sp³-hybridized carbons (Fsp3) is 0.174. The van der Waals surface area contributed by atoms with E-state index in [0.717, 1.165) is 10.4 Å². The van der Waals surface area contributed by atoms with Gasteiger partial charge >= 0.3 is 0 Å². The molecule has 0 fully saturated rings. The Morgan fingerprint density at radius 3 is 2.74 bits per heavy atom. The Kier molecular flexibility index (Phi) is 5.13. The summed E-state index contributed by atoms with van der Waals surface area (Å²) in [5.74, 6) is 1.07. The summed E-state index contributed by atoms with van der Waals surface area (Å²) >= 11 is 1.46. The molecular weight excluding hydrogens is 414 g/mol. The van der Waals surface area contributed by atoms with Gasteiger partial charge in [-0.2, -0.15) is 0 Å². The van der Waals surface area contributed by atoms with E-state index >= 15 is 0 Å². The Labute approximate surface area is 181 Å². The molecular formula is C23H19N3O4S. The van der Waals surface area contributed by atoms with Crippen LogP contribution >= 0.6 is 11.3 Å². The third-order valence-electron chi connectivity index (χ3n) is 4.98. The van der Waals surface area contributed by atoms with Crippen LogP contribution in [0.2, 0.25) is 0 Å². The summed E-state index contributed by atoms with van der Waals surface area (Å²) in [4.78, 5) is 31.3. The lowest BCUT2D eigenvalue weighted by Crippen LogP contribution is -2.42. The summed E-state index contributed by atoms with van der Waals surface area (Å²) in [5.41, 5.74) is 0.801. The van der Waals surface area contributed by atoms with Crippen molar-refractivity contribution in [3.8, 4) is 21.9 Å². The van der Waals surface area contributed by atoms with Gasteiger partial charge in [0.2, 0.25) is 5.91 Å². The van der Waals surface area contributed by atoms with Crippen molar-refractivity contribution in [2.45, 2.75) is 12.6 Å². The minimum Gasteiger partial charge on any atom is -0.486 e. The molecule has 0 saturated carbocycles. The van der Waals surface area contributed by atoms with Gasteiger partial charge in [-0.3, -0.25) is 14.2 Å². The van der Waals surface area contributed by atoms with Gasteiger partial charge in [0, 0.05) is 4.88 Å². The summed E-state index contributed by atoms with van der Waals surface area (Å²) in [7, 11) is 0. The zero-order valence-electron chi connectivity index (χ0n) is 16.5. The zero-order valence-corrected chi connectivity index (χ0v) is 17.3. The van der Waals surface area contributed by atoms with Gasteiger partial charge in [-0.25, -0.2) is 4.98 Å². The molecule has 8 heteroatoms. The number of thiophene rings is 1. The number of hydrogen-bond acceptors (Lipinski definition) is 6. The van der Waals surface area contributed by atoms with Gasteiger partial charge in [-0.05, 0) is 23.8 Å². The van der Waals surface area contributed by atoms with Crippen LogP contribution in [0.25, 0.3) is 20.7 Å². The molecule has 31 heavy (non-hydrogen) atoms. The summed E-state index contributed by atoms with van der Waals surface area (Å²) < 4.78 is 12.8. The summed E-state index contributed by atoms with van der Waals surface area (Å²) in [6, 6.07) is 19.1. The zero-order chi connectivity index (χ0) is 21.2. The molecule has 0 radical (unpaired) electrons. The van der Waals surface area contributed by atoms with Crippen LogP contribution in [-0.4, -0.2) is 34.7 Å². The number of ether oxygens (including phenoxy) is 2. The molecule has 1 aliphatic heterocycles. The maximum Gasteiger partial charge on any atom is 0.262 e. The van der Waals surface area contributed by atoms with E-state index in [2.05, 4.69) is 10.3 Å². The molecule has 0 saturated heterocycles. The molecule has 0 spiro atoms. The average molecular weight is 433 g/mol. The Morgan fingerprint density at radius 2 is 1.90 bits per heavy atom. The van der Waals surface area contributed by atoms with Gasteiger partial charge in [-0.1, -0.05) is 42.5 Å². The van der Waals surface area contributed by atoms with Crippen LogP contribution in [0.15, 0.2) is 71.8 Å². The van der Waals surface area contributed by atoms with E-state index in [0.29, 0.717) is 28.3 Å². The van der Waals surface area contributed by atoms with Crippen molar-refractivity contribution in [1.29, 1.82) is 0 Å². The molecule has 2 aromatic heterocycles. The number of fused-ring (bicyclic) bond motifs is 2. The molecule has 1 atom stereocenters. The minimum atomic E-state index is -0.290. The summed E-state index contributed by atoms with van der Waals surface area (Å²) in [6.07, 6.45) is 1.13. The molecule has 156 valence electrons. The Bertz CT molecular complexity index is 1300. The second kappa shape index (κ2) is 8.23. The number of para-hydroxylation sites is 2. The first-order chi connectivity index (χ1) is 15.2. The van der Waals surface area contributed by atoms with Gasteiger partial charge in [-0.15, -0.1) is 11.3 Å². The van der Waals surface area contributed by atoms with Crippen molar-refractivity contribution < 1.29 is 14.3 Å². The van der Waals surface area contributed by atoms with Crippen LogP contribution < -0.4 is 20.3 Å². The molecule has 0 bridgehead atoms. The number of nitrogens with zero attached hydrogens (tertiary/aromatic N) is 2. The van der Waals surface area contributed by atoms with Crippen LogP contribution in [0.1, 0.15) is 0 Å². The number of rotatable bonds is 5. The second-order valence-electron chi connectivity index (χ2n) is 7.17. The Morgan fingerprint density at radius 1 is 1.13 bits per heavy atom. The van der Waals surface area contributed by atoms with Crippen molar-refractivity contribution in [2.75, 3.05) is 13.2 Å². The predicted molar refractivity (Wildman–Crippen MR) is 119 cm³/mol. The molecule has 1 N–H and O–H groups in total. The van der Waals surface area contributed by atoms with E-state index in [1.165, 1.54) is 22.2 Å². The molecule has 5 rings (SSSR count). The molecule has 1 aliphatic rings. The molecule has 0 unspecified atom stereocenters. The van der Waals surface area contributed by atoms with Crippen LogP contribution in [0, 0.1) is 0 Å². The SMILES string of the molecule is O=C(Cn1cnc2sc(-c3ccccc3)cc2c1=O)NC[C@@H]1COc2ccccc2O1. The lowest BCUT2D eigenvalue weighted by atomic mass is 10.2. The minimum absolute atomic E-state index is 0.109. The van der Waals surface area contributed by atoms with E-state index in [1.54, 1.807) is 0 Å². The van der Waals surface area contributed by atoms with Crippen LogP contribution in [0.3, 0.4) is 0 Å². The highest BCUT2D eigenvalue weighted by atomic mass is 32.1. The molecule has 4 aromatic rings. The predicted octanol–water partition coefficient (Wildman–Crippen LogP) is 3.08. The summed E-state index contributed by atoms with van der Waals surface area (Å²) in [5, 5.41) is 3.32. The van der Waals surface area contributed by atoms with Crippen molar-refractivity contribution in [2.24, 2.45) is 0 Å². The van der Waals surface area contributed by atoms with E-state index in [-0.39, 0.29) is 30.7 Å². The highest BCUT2D eigenvalue weighted by molar-refractivity contribution is 7.21. The monoisotopic (exact) mass is 433 g/mol. The maximum atomic E-state index is 12.9. The largest absolute Gasteiger partial charge is 0.486 e. The Hall–Kier alpha value is -3.65. The lowest BCUT2D eigenvalue weighted by Gasteiger charge is -2.26. The van der Waals surface area contributed by atoms with E-state index < -0.39 is 0 Å². The number of nitrogens with one attached hydrogen (secondary N) is 1. The number of carbonyl (C=O) groups excluding carboxylic acids is 1. The fourth-order valence-corrected chi connectivity index (χ4v) is 4.41. The van der Waals surface area contributed by atoms with Crippen LogP contribution in [0.4, 0.5) is 0 Å². The number of hydrogen-bond donors (Lipinski definition) is 1. The van der Waals surface area contributed by atoms with E-state index in [4.69, 9.17) is 9.47 Å². The number of aromatic nitrogens is 2. The van der Waals surface area contributed by atoms with E-state index in [1.807, 2.05) is 60.7 Å². The summed E-state index contributed by atoms with van der Waals surface area (Å²) in [6.45, 7) is 0.526. The topological polar surface area (TPSA) is 82.5 Å². The van der Waals surface area contributed by atoms with Gasteiger partial charge in [0.15, 0.2) is 11.5 Å². The van der Waals surface area contributed by atoms with Crippen LogP contribution in [0.5, 0.6) is 11.5 Å². The smallest absolute Gasteiger partial charge is 0.262 e. The number of carbonyl (C=O) groups is 1. The highest BCUT2D eigenvalue weighted by Gasteiger charge is 2.21. The van der Waals surface area contributed by atoms with E-state index in [9.17, 15) is 9.59 Å².